The van der Waals surface area contributed by atoms with Gasteiger partial charge in [-0.3, -0.25) is 10.2 Å². The molecule has 0 spiro atoms. The van der Waals surface area contributed by atoms with E-state index in [0.29, 0.717) is 6.61 Å². The highest BCUT2D eigenvalue weighted by molar-refractivity contribution is 6.04. The van der Waals surface area contributed by atoms with Gasteiger partial charge in [-0.15, -0.1) is 0 Å². The number of aromatic amines is 2. The number of anilines is 2. The van der Waals surface area contributed by atoms with E-state index in [0.717, 1.165) is 63.7 Å². The fourth-order valence-electron chi connectivity index (χ4n) is 3.59. The van der Waals surface area contributed by atoms with E-state index >= 15 is 0 Å². The molecule has 30 heavy (non-hydrogen) atoms. The van der Waals surface area contributed by atoms with Crippen LogP contribution in [-0.2, 0) is 0 Å². The first-order valence-electron chi connectivity index (χ1n) is 9.98. The number of methoxy groups -OCH3 is 2. The largest absolute Gasteiger partial charge is 0.497 e. The van der Waals surface area contributed by atoms with Gasteiger partial charge in [-0.2, -0.15) is 0 Å². The van der Waals surface area contributed by atoms with Gasteiger partial charge in [0, 0.05) is 23.6 Å². The number of ether oxygens (including phenoxy) is 3. The molecule has 0 aromatic heterocycles. The molecule has 158 valence electrons. The fourth-order valence-corrected chi connectivity index (χ4v) is 3.59. The van der Waals surface area contributed by atoms with E-state index in [-0.39, 0.29) is 0 Å². The average molecular weight is 409 g/mol. The zero-order chi connectivity index (χ0) is 21.1. The van der Waals surface area contributed by atoms with E-state index in [2.05, 4.69) is 52.7 Å². The monoisotopic (exact) mass is 408 g/mol. The minimum atomic E-state index is 0.707. The summed E-state index contributed by atoms with van der Waals surface area (Å²) < 4.78 is 16.8. The predicted molar refractivity (Wildman–Crippen MR) is 121 cm³/mol. The highest BCUT2D eigenvalue weighted by Gasteiger charge is 2.18. The van der Waals surface area contributed by atoms with E-state index in [1.807, 2.05) is 24.3 Å². The van der Waals surface area contributed by atoms with Crippen LogP contribution in [0.4, 0.5) is 11.5 Å². The quantitative estimate of drug-likeness (QED) is 0.350. The standard InChI is InChI=1S/C23H28N4O3/c1-27(2)10-5-11-30-17-6-8-18-15(12-17)13-19-22(18)25-26-23(19)24-20-14-16(28-3)7-9-21(20)29-4/h6-9,12-14,24-26H,5,10-11H2,1-4H3. The van der Waals surface area contributed by atoms with Crippen molar-refractivity contribution in [3.05, 3.63) is 42.5 Å². The number of benzene rings is 2. The smallest absolute Gasteiger partial charge is 0.142 e. The Kier molecular flexibility index (Phi) is 5.72. The normalized spacial score (nSPS) is 11.4. The second-order valence-electron chi connectivity index (χ2n) is 7.50. The molecule has 4 rings (SSSR count). The van der Waals surface area contributed by atoms with Crippen molar-refractivity contribution in [1.29, 1.82) is 0 Å². The first-order chi connectivity index (χ1) is 14.6. The van der Waals surface area contributed by atoms with Gasteiger partial charge in [0.1, 0.15) is 23.1 Å². The molecule has 0 unspecified atom stereocenters. The highest BCUT2D eigenvalue weighted by atomic mass is 16.5. The first-order valence-corrected chi connectivity index (χ1v) is 9.98. The Hall–Kier alpha value is -3.32. The van der Waals surface area contributed by atoms with Gasteiger partial charge in [-0.25, -0.2) is 0 Å². The van der Waals surface area contributed by atoms with Crippen molar-refractivity contribution in [2.45, 2.75) is 6.42 Å². The maximum absolute atomic E-state index is 5.93. The third-order valence-electron chi connectivity index (χ3n) is 5.13. The molecule has 7 heteroatoms. The van der Waals surface area contributed by atoms with E-state index in [4.69, 9.17) is 14.2 Å². The summed E-state index contributed by atoms with van der Waals surface area (Å²) in [6, 6.07) is 14.0. The number of H-pyrrole nitrogens is 2. The van der Waals surface area contributed by atoms with Crippen LogP contribution in [0.25, 0.3) is 22.0 Å². The van der Waals surface area contributed by atoms with Crippen LogP contribution in [0, 0.1) is 0 Å². The fraction of sp³-hybridized carbons (Fsp3) is 0.304. The van der Waals surface area contributed by atoms with Crippen LogP contribution >= 0.6 is 0 Å². The molecule has 0 saturated carbocycles. The van der Waals surface area contributed by atoms with E-state index < -0.39 is 0 Å². The number of aromatic nitrogens is 2. The zero-order valence-electron chi connectivity index (χ0n) is 17.8. The summed E-state index contributed by atoms with van der Waals surface area (Å²) in [7, 11) is 7.44. The molecule has 1 aliphatic carbocycles. The second kappa shape index (κ2) is 8.59. The summed E-state index contributed by atoms with van der Waals surface area (Å²) in [5.41, 5.74) is 2.94. The Morgan fingerprint density at radius 3 is 2.53 bits per heavy atom. The van der Waals surface area contributed by atoms with Crippen LogP contribution in [0.2, 0.25) is 0 Å². The predicted octanol–water partition coefficient (Wildman–Crippen LogP) is 4.69. The lowest BCUT2D eigenvalue weighted by molar-refractivity contribution is 0.282. The van der Waals surface area contributed by atoms with Crippen molar-refractivity contribution in [2.24, 2.45) is 0 Å². The van der Waals surface area contributed by atoms with Gasteiger partial charge in [0.2, 0.25) is 0 Å². The lowest BCUT2D eigenvalue weighted by Crippen LogP contribution is -2.15. The maximum Gasteiger partial charge on any atom is 0.142 e. The summed E-state index contributed by atoms with van der Waals surface area (Å²) in [4.78, 5) is 2.16. The molecule has 0 saturated heterocycles. The van der Waals surface area contributed by atoms with Crippen molar-refractivity contribution in [1.82, 2.24) is 15.1 Å². The summed E-state index contributed by atoms with van der Waals surface area (Å²) >= 11 is 0. The first kappa shape index (κ1) is 20.0. The van der Waals surface area contributed by atoms with Crippen LogP contribution in [0.1, 0.15) is 6.42 Å². The molecule has 3 N–H and O–H groups in total. The van der Waals surface area contributed by atoms with Gasteiger partial charge in [-0.1, -0.05) is 0 Å². The van der Waals surface area contributed by atoms with Crippen LogP contribution in [0.5, 0.6) is 17.2 Å². The Labute approximate surface area is 176 Å². The molecular formula is C23H28N4O3. The number of nitrogens with zero attached hydrogens (tertiary/aromatic N) is 1. The molecule has 1 aliphatic heterocycles. The van der Waals surface area contributed by atoms with Crippen molar-refractivity contribution >= 4 is 22.3 Å². The summed E-state index contributed by atoms with van der Waals surface area (Å²) in [6.45, 7) is 1.72. The Morgan fingerprint density at radius 1 is 0.933 bits per heavy atom. The SMILES string of the molecule is COc1ccc(OC)c(Nc2[nH][nH]c3c4ccc(OCCCN(C)C)cc4cc2-3)c1. The molecule has 7 nitrogen and oxygen atoms in total. The number of fused-ring (bicyclic) bond motifs is 3. The van der Waals surface area contributed by atoms with Gasteiger partial charge in [0.15, 0.2) is 0 Å². The van der Waals surface area contributed by atoms with Crippen molar-refractivity contribution in [3.8, 4) is 28.5 Å². The third-order valence-corrected chi connectivity index (χ3v) is 5.13. The minimum Gasteiger partial charge on any atom is -0.497 e. The molecule has 0 radical (unpaired) electrons. The molecule has 2 aromatic rings. The number of hydrogen-bond donors (Lipinski definition) is 3. The lowest BCUT2D eigenvalue weighted by Gasteiger charge is -2.11. The van der Waals surface area contributed by atoms with Crippen molar-refractivity contribution in [2.75, 3.05) is 46.8 Å². The van der Waals surface area contributed by atoms with Crippen LogP contribution in [0.3, 0.4) is 0 Å². The molecule has 2 aliphatic rings. The molecule has 0 atom stereocenters. The van der Waals surface area contributed by atoms with E-state index in [9.17, 15) is 0 Å². The van der Waals surface area contributed by atoms with E-state index in [1.54, 1.807) is 14.2 Å². The number of nitrogens with one attached hydrogen (secondary N) is 3. The number of rotatable bonds is 9. The molecule has 0 bridgehead atoms. The lowest BCUT2D eigenvalue weighted by atomic mass is 10.2. The van der Waals surface area contributed by atoms with Crippen LogP contribution < -0.4 is 19.5 Å². The molecular weight excluding hydrogens is 380 g/mol. The molecule has 2 aromatic carbocycles. The number of hydrogen-bond acceptors (Lipinski definition) is 5. The van der Waals surface area contributed by atoms with Crippen molar-refractivity contribution < 1.29 is 14.2 Å². The Balaban J connectivity index is 1.57. The van der Waals surface area contributed by atoms with Gasteiger partial charge >= 0.3 is 0 Å². The zero-order valence-corrected chi connectivity index (χ0v) is 17.8. The van der Waals surface area contributed by atoms with Crippen LogP contribution in [0.15, 0.2) is 42.5 Å². The van der Waals surface area contributed by atoms with Crippen LogP contribution in [-0.4, -0.2) is 56.6 Å². The summed E-state index contributed by atoms with van der Waals surface area (Å²) in [6.07, 6.45) is 0.998. The Bertz CT molecular complexity index is 1100. The summed E-state index contributed by atoms with van der Waals surface area (Å²) in [5.74, 6) is 3.25. The van der Waals surface area contributed by atoms with Gasteiger partial charge in [0.25, 0.3) is 0 Å². The second-order valence-corrected chi connectivity index (χ2v) is 7.50. The van der Waals surface area contributed by atoms with E-state index in [1.165, 1.54) is 0 Å². The van der Waals surface area contributed by atoms with Gasteiger partial charge in [-0.05, 0) is 62.3 Å². The topological polar surface area (TPSA) is 74.5 Å². The highest BCUT2D eigenvalue weighted by Crippen LogP contribution is 2.41. The molecule has 0 amide bonds. The average Bonchev–Trinajstić information content (AvgIpc) is 3.30. The molecule has 1 heterocycles. The van der Waals surface area contributed by atoms with Crippen molar-refractivity contribution in [3.63, 3.8) is 0 Å². The minimum absolute atomic E-state index is 0.707. The Morgan fingerprint density at radius 2 is 1.77 bits per heavy atom. The van der Waals surface area contributed by atoms with Gasteiger partial charge < -0.3 is 24.4 Å². The third kappa shape index (κ3) is 4.02. The maximum atomic E-state index is 5.93. The molecule has 0 fully saturated rings. The summed E-state index contributed by atoms with van der Waals surface area (Å²) in [5, 5.41) is 12.2. The van der Waals surface area contributed by atoms with Gasteiger partial charge in [0.05, 0.1) is 32.2 Å².